The highest BCUT2D eigenvalue weighted by atomic mass is 35.5. The lowest BCUT2D eigenvalue weighted by molar-refractivity contribution is -0.123. The number of carbonyl (C=O) groups excluding carboxylic acids is 3. The van der Waals surface area contributed by atoms with Gasteiger partial charge in [0.2, 0.25) is 0 Å². The van der Waals surface area contributed by atoms with E-state index in [0.717, 1.165) is 0 Å². The van der Waals surface area contributed by atoms with E-state index in [-0.39, 0.29) is 28.8 Å². The second kappa shape index (κ2) is 9.49. The summed E-state index contributed by atoms with van der Waals surface area (Å²) in [6, 6.07) is 10.6. The molecule has 8 nitrogen and oxygen atoms in total. The number of ether oxygens (including phenoxy) is 3. The molecule has 3 amide bonds. The van der Waals surface area contributed by atoms with Gasteiger partial charge in [0.05, 0.1) is 12.1 Å². The van der Waals surface area contributed by atoms with Crippen molar-refractivity contribution < 1.29 is 28.6 Å². The van der Waals surface area contributed by atoms with Gasteiger partial charge in [-0.3, -0.25) is 10.1 Å². The van der Waals surface area contributed by atoms with Crippen LogP contribution in [0.2, 0.25) is 10.0 Å². The summed E-state index contributed by atoms with van der Waals surface area (Å²) in [5, 5.41) is 5.06. The Balaban J connectivity index is 1.39. The number of para-hydroxylation sites is 2. The monoisotopic (exact) mass is 438 g/mol. The van der Waals surface area contributed by atoms with Crippen LogP contribution in [0.5, 0.6) is 11.5 Å². The van der Waals surface area contributed by atoms with Crippen LogP contribution in [0.1, 0.15) is 10.4 Å². The summed E-state index contributed by atoms with van der Waals surface area (Å²) in [5.41, 5.74) is 0.0921. The van der Waals surface area contributed by atoms with Gasteiger partial charge in [0, 0.05) is 10.0 Å². The molecule has 0 aliphatic carbocycles. The fraction of sp³-hybridized carbons (Fsp3) is 0.211. The lowest BCUT2D eigenvalue weighted by Crippen LogP contribution is -2.46. The van der Waals surface area contributed by atoms with Gasteiger partial charge in [-0.25, -0.2) is 9.59 Å². The van der Waals surface area contributed by atoms with Crippen LogP contribution < -0.4 is 20.1 Å². The third-order valence-corrected chi connectivity index (χ3v) is 4.18. The fourth-order valence-electron chi connectivity index (χ4n) is 2.46. The Morgan fingerprint density at radius 3 is 2.48 bits per heavy atom. The van der Waals surface area contributed by atoms with Gasteiger partial charge in [-0.05, 0) is 30.3 Å². The van der Waals surface area contributed by atoms with Crippen LogP contribution in [0, 0.1) is 0 Å². The van der Waals surface area contributed by atoms with Crippen LogP contribution in [0.4, 0.5) is 4.79 Å². The van der Waals surface area contributed by atoms with Crippen LogP contribution in [-0.4, -0.2) is 43.8 Å². The number of urea groups is 1. The molecule has 0 saturated heterocycles. The number of hydrogen-bond donors (Lipinski definition) is 2. The first-order chi connectivity index (χ1) is 13.9. The van der Waals surface area contributed by atoms with E-state index in [1.54, 1.807) is 12.1 Å². The van der Waals surface area contributed by atoms with Crippen LogP contribution >= 0.6 is 23.2 Å². The van der Waals surface area contributed by atoms with Crippen molar-refractivity contribution in [3.63, 3.8) is 0 Å². The van der Waals surface area contributed by atoms with Crippen molar-refractivity contribution in [1.29, 1.82) is 0 Å². The topological polar surface area (TPSA) is 103 Å². The minimum Gasteiger partial charge on any atom is -0.486 e. The molecule has 2 aromatic rings. The molecule has 0 saturated carbocycles. The summed E-state index contributed by atoms with van der Waals surface area (Å²) < 4.78 is 16.1. The average Bonchev–Trinajstić information content (AvgIpc) is 2.69. The van der Waals surface area contributed by atoms with Crippen molar-refractivity contribution in [2.75, 3.05) is 19.8 Å². The molecular formula is C19H16Cl2N2O6. The standard InChI is InChI=1S/C19H16Cl2N2O6/c20-12-5-11(6-13(21)7-12)18(25)28-10-17(24)23-19(26)22-8-14-9-27-15-3-1-2-4-16(15)29-14/h1-7,14H,8-10H2,(H2,22,23,24,26). The van der Waals surface area contributed by atoms with Gasteiger partial charge >= 0.3 is 12.0 Å². The lowest BCUT2D eigenvalue weighted by atomic mass is 10.2. The Hall–Kier alpha value is -2.97. The predicted molar refractivity (Wildman–Crippen MR) is 105 cm³/mol. The number of halogens is 2. The molecule has 0 aromatic heterocycles. The molecule has 1 unspecified atom stereocenters. The van der Waals surface area contributed by atoms with Crippen LogP contribution in [0.25, 0.3) is 0 Å². The molecule has 2 aromatic carbocycles. The summed E-state index contributed by atoms with van der Waals surface area (Å²) in [4.78, 5) is 35.5. The third-order valence-electron chi connectivity index (χ3n) is 3.74. The number of benzene rings is 2. The van der Waals surface area contributed by atoms with Gasteiger partial charge in [-0.2, -0.15) is 0 Å². The van der Waals surface area contributed by atoms with E-state index in [2.05, 4.69) is 10.6 Å². The van der Waals surface area contributed by atoms with Crippen molar-refractivity contribution in [3.05, 3.63) is 58.1 Å². The first kappa shape index (κ1) is 20.8. The first-order valence-corrected chi connectivity index (χ1v) is 9.25. The van der Waals surface area contributed by atoms with E-state index in [1.165, 1.54) is 18.2 Å². The molecule has 0 radical (unpaired) electrons. The second-order valence-electron chi connectivity index (χ2n) is 5.99. The Kier molecular flexibility index (Phi) is 6.79. The molecule has 2 N–H and O–H groups in total. The Morgan fingerprint density at radius 2 is 1.76 bits per heavy atom. The third kappa shape index (κ3) is 6.00. The average molecular weight is 439 g/mol. The molecule has 10 heteroatoms. The number of fused-ring (bicyclic) bond motifs is 1. The van der Waals surface area contributed by atoms with E-state index in [4.69, 9.17) is 37.4 Å². The van der Waals surface area contributed by atoms with Crippen molar-refractivity contribution in [1.82, 2.24) is 10.6 Å². The number of nitrogens with one attached hydrogen (secondary N) is 2. The van der Waals surface area contributed by atoms with E-state index in [0.29, 0.717) is 11.5 Å². The Bertz CT molecular complexity index is 916. The van der Waals surface area contributed by atoms with Gasteiger partial charge in [-0.15, -0.1) is 0 Å². The zero-order valence-electron chi connectivity index (χ0n) is 14.9. The summed E-state index contributed by atoms with van der Waals surface area (Å²) in [5.74, 6) is -0.382. The Morgan fingerprint density at radius 1 is 1.07 bits per heavy atom. The Labute approximate surface area is 176 Å². The van der Waals surface area contributed by atoms with Gasteiger partial charge < -0.3 is 19.5 Å². The number of carbonyl (C=O) groups is 3. The number of imide groups is 1. The summed E-state index contributed by atoms with van der Waals surface area (Å²) >= 11 is 11.6. The lowest BCUT2D eigenvalue weighted by Gasteiger charge is -2.26. The smallest absolute Gasteiger partial charge is 0.338 e. The largest absolute Gasteiger partial charge is 0.486 e. The SMILES string of the molecule is O=C(COC(=O)c1cc(Cl)cc(Cl)c1)NC(=O)NCC1COc2ccccc2O1. The van der Waals surface area contributed by atoms with Crippen LogP contribution in [0.15, 0.2) is 42.5 Å². The maximum Gasteiger partial charge on any atom is 0.338 e. The second-order valence-corrected chi connectivity index (χ2v) is 6.86. The van der Waals surface area contributed by atoms with E-state index < -0.39 is 30.6 Å². The molecule has 152 valence electrons. The van der Waals surface area contributed by atoms with Gasteiger partial charge in [0.1, 0.15) is 6.61 Å². The van der Waals surface area contributed by atoms with E-state index in [9.17, 15) is 14.4 Å². The zero-order chi connectivity index (χ0) is 20.8. The van der Waals surface area contributed by atoms with Crippen molar-refractivity contribution in [2.24, 2.45) is 0 Å². The summed E-state index contributed by atoms with van der Waals surface area (Å²) in [7, 11) is 0. The van der Waals surface area contributed by atoms with Crippen LogP contribution in [0.3, 0.4) is 0 Å². The first-order valence-electron chi connectivity index (χ1n) is 8.50. The van der Waals surface area contributed by atoms with Crippen molar-refractivity contribution in [2.45, 2.75) is 6.10 Å². The number of amides is 3. The molecule has 0 fully saturated rings. The molecule has 1 aliphatic heterocycles. The molecule has 0 bridgehead atoms. The van der Waals surface area contributed by atoms with E-state index >= 15 is 0 Å². The number of rotatable bonds is 5. The van der Waals surface area contributed by atoms with E-state index in [1.807, 2.05) is 12.1 Å². The maximum absolute atomic E-state index is 11.9. The molecule has 0 spiro atoms. The fourth-order valence-corrected chi connectivity index (χ4v) is 2.99. The van der Waals surface area contributed by atoms with Gasteiger partial charge in [0.25, 0.3) is 5.91 Å². The van der Waals surface area contributed by atoms with Crippen LogP contribution in [-0.2, 0) is 9.53 Å². The van der Waals surface area contributed by atoms with Crippen molar-refractivity contribution in [3.8, 4) is 11.5 Å². The number of hydrogen-bond acceptors (Lipinski definition) is 6. The molecule has 1 aliphatic rings. The summed E-state index contributed by atoms with van der Waals surface area (Å²) in [6.07, 6.45) is -0.406. The maximum atomic E-state index is 11.9. The predicted octanol–water partition coefficient (Wildman–Crippen LogP) is 2.82. The van der Waals surface area contributed by atoms with Crippen molar-refractivity contribution >= 4 is 41.1 Å². The minimum absolute atomic E-state index is 0.0921. The molecule has 1 heterocycles. The summed E-state index contributed by atoms with van der Waals surface area (Å²) in [6.45, 7) is -0.272. The quantitative estimate of drug-likeness (QED) is 0.695. The molecule has 1 atom stereocenters. The van der Waals surface area contributed by atoms with Gasteiger partial charge in [-0.1, -0.05) is 35.3 Å². The minimum atomic E-state index is -0.796. The normalized spacial score (nSPS) is 14.6. The highest BCUT2D eigenvalue weighted by molar-refractivity contribution is 6.35. The molecular weight excluding hydrogens is 423 g/mol. The molecule has 3 rings (SSSR count). The zero-order valence-corrected chi connectivity index (χ0v) is 16.5. The highest BCUT2D eigenvalue weighted by Gasteiger charge is 2.21. The number of esters is 1. The van der Waals surface area contributed by atoms with Gasteiger partial charge in [0.15, 0.2) is 24.2 Å². The molecule has 29 heavy (non-hydrogen) atoms. The highest BCUT2D eigenvalue weighted by Crippen LogP contribution is 2.30.